The zero-order chi connectivity index (χ0) is 19.3. The van der Waals surface area contributed by atoms with Crippen LogP contribution >= 0.6 is 0 Å². The molecule has 26 heavy (non-hydrogen) atoms. The molecule has 0 amide bonds. The summed E-state index contributed by atoms with van der Waals surface area (Å²) in [7, 11) is 2.96. The first-order valence-electron chi connectivity index (χ1n) is 8.51. The molecule has 0 aliphatic carbocycles. The van der Waals surface area contributed by atoms with E-state index in [1.54, 1.807) is 31.3 Å². The van der Waals surface area contributed by atoms with Gasteiger partial charge in [0.15, 0.2) is 5.78 Å². The van der Waals surface area contributed by atoms with Crippen LogP contribution in [-0.2, 0) is 14.1 Å². The molecular formula is C20H24N2O4. The average Bonchev–Trinajstić information content (AvgIpc) is 2.62. The molecule has 0 aliphatic heterocycles. The van der Waals surface area contributed by atoms with Gasteiger partial charge in [0, 0.05) is 25.9 Å². The van der Waals surface area contributed by atoms with Crippen molar-refractivity contribution in [1.29, 1.82) is 0 Å². The van der Waals surface area contributed by atoms with Gasteiger partial charge >= 0.3 is 5.69 Å². The maximum absolute atomic E-state index is 12.3. The maximum Gasteiger partial charge on any atom is 0.330 e. The number of hydrogen-bond donors (Lipinski definition) is 0. The van der Waals surface area contributed by atoms with Gasteiger partial charge in [0.2, 0.25) is 0 Å². The number of carbonyl (C=O) groups is 1. The fourth-order valence-corrected chi connectivity index (χ4v) is 2.34. The number of benzene rings is 1. The van der Waals surface area contributed by atoms with E-state index < -0.39 is 11.2 Å². The molecule has 0 fully saturated rings. The lowest BCUT2D eigenvalue weighted by Crippen LogP contribution is -2.37. The van der Waals surface area contributed by atoms with E-state index in [0.717, 1.165) is 16.7 Å². The highest BCUT2D eigenvalue weighted by Crippen LogP contribution is 2.14. The minimum atomic E-state index is -0.439. The number of rotatable bonds is 7. The lowest BCUT2D eigenvalue weighted by atomic mass is 10.1. The number of carbonyl (C=O) groups excluding carboxylic acids is 1. The van der Waals surface area contributed by atoms with Crippen LogP contribution in [-0.4, -0.2) is 21.5 Å². The number of aryl methyl sites for hydroxylation is 1. The van der Waals surface area contributed by atoms with E-state index in [9.17, 15) is 14.4 Å². The summed E-state index contributed by atoms with van der Waals surface area (Å²) in [5, 5.41) is 0. The Hall–Kier alpha value is -2.89. The Bertz CT molecular complexity index is 918. The van der Waals surface area contributed by atoms with Crippen molar-refractivity contribution in [1.82, 2.24) is 9.13 Å². The smallest absolute Gasteiger partial charge is 0.330 e. The van der Waals surface area contributed by atoms with Gasteiger partial charge in [-0.3, -0.25) is 14.2 Å². The van der Waals surface area contributed by atoms with Gasteiger partial charge in [0.1, 0.15) is 5.75 Å². The molecule has 6 nitrogen and oxygen atoms in total. The van der Waals surface area contributed by atoms with Gasteiger partial charge in [-0.1, -0.05) is 13.8 Å². The van der Waals surface area contributed by atoms with Crippen molar-refractivity contribution in [2.75, 3.05) is 6.61 Å². The van der Waals surface area contributed by atoms with E-state index in [0.29, 0.717) is 18.1 Å². The summed E-state index contributed by atoms with van der Waals surface area (Å²) in [6, 6.07) is 6.89. The Morgan fingerprint density at radius 1 is 1.15 bits per heavy atom. The average molecular weight is 356 g/mol. The summed E-state index contributed by atoms with van der Waals surface area (Å²) in [4.78, 5) is 36.0. The number of hydrogen-bond acceptors (Lipinski definition) is 4. The highest BCUT2D eigenvalue weighted by Gasteiger charge is 2.06. The van der Waals surface area contributed by atoms with Crippen molar-refractivity contribution in [2.45, 2.75) is 20.3 Å². The molecule has 2 aromatic rings. The normalized spacial score (nSPS) is 11.3. The predicted molar refractivity (Wildman–Crippen MR) is 102 cm³/mol. The molecule has 1 heterocycles. The van der Waals surface area contributed by atoms with Crippen LogP contribution in [0.3, 0.4) is 0 Å². The van der Waals surface area contributed by atoms with Crippen LogP contribution in [0, 0.1) is 5.92 Å². The Labute approximate surface area is 152 Å². The second-order valence-electron chi connectivity index (χ2n) is 6.60. The molecule has 0 atom stereocenters. The Morgan fingerprint density at radius 2 is 1.81 bits per heavy atom. The topological polar surface area (TPSA) is 70.3 Å². The first-order chi connectivity index (χ1) is 12.3. The SMILES string of the molecule is CC(C)CCOc1ccc(C(=O)/C=C/c2cn(C)c(=O)n(C)c2=O)cc1. The first-order valence-corrected chi connectivity index (χ1v) is 8.51. The molecule has 6 heteroatoms. The van der Waals surface area contributed by atoms with Crippen LogP contribution in [0.15, 0.2) is 46.1 Å². The quantitative estimate of drug-likeness (QED) is 0.564. The number of allylic oxidation sites excluding steroid dienone is 1. The minimum Gasteiger partial charge on any atom is -0.494 e. The van der Waals surface area contributed by atoms with E-state index in [2.05, 4.69) is 13.8 Å². The van der Waals surface area contributed by atoms with Crippen LogP contribution in [0.5, 0.6) is 5.75 Å². The molecule has 0 saturated carbocycles. The number of ether oxygens (including phenoxy) is 1. The van der Waals surface area contributed by atoms with E-state index >= 15 is 0 Å². The van der Waals surface area contributed by atoms with E-state index in [1.807, 2.05) is 0 Å². The lowest BCUT2D eigenvalue weighted by molar-refractivity contribution is 0.104. The zero-order valence-corrected chi connectivity index (χ0v) is 15.6. The molecule has 0 radical (unpaired) electrons. The summed E-state index contributed by atoms with van der Waals surface area (Å²) >= 11 is 0. The van der Waals surface area contributed by atoms with Crippen molar-refractivity contribution in [3.05, 3.63) is 68.5 Å². The van der Waals surface area contributed by atoms with Gasteiger partial charge in [-0.2, -0.15) is 0 Å². The van der Waals surface area contributed by atoms with Crippen LogP contribution in [0.4, 0.5) is 0 Å². The fourth-order valence-electron chi connectivity index (χ4n) is 2.34. The van der Waals surface area contributed by atoms with Crippen molar-refractivity contribution in [3.8, 4) is 5.75 Å². The zero-order valence-electron chi connectivity index (χ0n) is 15.6. The van der Waals surface area contributed by atoms with Gasteiger partial charge in [0.25, 0.3) is 5.56 Å². The summed E-state index contributed by atoms with van der Waals surface area (Å²) < 4.78 is 7.94. The minimum absolute atomic E-state index is 0.227. The molecule has 0 spiro atoms. The highest BCUT2D eigenvalue weighted by atomic mass is 16.5. The highest BCUT2D eigenvalue weighted by molar-refractivity contribution is 6.06. The third-order valence-corrected chi connectivity index (χ3v) is 3.99. The molecule has 0 bridgehead atoms. The third kappa shape index (κ3) is 4.81. The largest absolute Gasteiger partial charge is 0.494 e. The van der Waals surface area contributed by atoms with E-state index in [-0.39, 0.29) is 11.3 Å². The van der Waals surface area contributed by atoms with Crippen LogP contribution in [0.2, 0.25) is 0 Å². The summed E-state index contributed by atoms with van der Waals surface area (Å²) in [5.74, 6) is 1.07. The summed E-state index contributed by atoms with van der Waals surface area (Å²) in [6.45, 7) is 4.91. The standard InChI is InChI=1S/C20H24N2O4/c1-14(2)11-12-26-17-8-5-15(6-9-17)18(23)10-7-16-13-21(3)20(25)22(4)19(16)24/h5-10,13-14H,11-12H2,1-4H3/b10-7+. The molecule has 0 aliphatic rings. The van der Waals surface area contributed by atoms with Gasteiger partial charge in [-0.05, 0) is 48.8 Å². The molecule has 138 valence electrons. The second-order valence-corrected chi connectivity index (χ2v) is 6.60. The van der Waals surface area contributed by atoms with Gasteiger partial charge in [-0.15, -0.1) is 0 Å². The molecular weight excluding hydrogens is 332 g/mol. The monoisotopic (exact) mass is 356 g/mol. The van der Waals surface area contributed by atoms with Gasteiger partial charge < -0.3 is 9.30 Å². The summed E-state index contributed by atoms with van der Waals surface area (Å²) in [6.07, 6.45) is 5.14. The van der Waals surface area contributed by atoms with Crippen LogP contribution < -0.4 is 16.0 Å². The maximum atomic E-state index is 12.3. The first kappa shape index (κ1) is 19.4. The number of nitrogens with zero attached hydrogens (tertiary/aromatic N) is 2. The van der Waals surface area contributed by atoms with Crippen molar-refractivity contribution >= 4 is 11.9 Å². The summed E-state index contributed by atoms with van der Waals surface area (Å²) in [5.41, 5.74) is -0.0757. The number of ketones is 1. The van der Waals surface area contributed by atoms with Crippen molar-refractivity contribution in [3.63, 3.8) is 0 Å². The lowest BCUT2D eigenvalue weighted by Gasteiger charge is -2.08. The Morgan fingerprint density at radius 3 is 2.42 bits per heavy atom. The Balaban J connectivity index is 2.09. The van der Waals surface area contributed by atoms with Crippen molar-refractivity contribution in [2.24, 2.45) is 20.0 Å². The predicted octanol–water partition coefficient (Wildman–Crippen LogP) is 2.41. The molecule has 1 aromatic heterocycles. The van der Waals surface area contributed by atoms with Gasteiger partial charge in [0.05, 0.1) is 12.2 Å². The Kier molecular flexibility index (Phi) is 6.33. The van der Waals surface area contributed by atoms with Gasteiger partial charge in [-0.25, -0.2) is 4.79 Å². The van der Waals surface area contributed by atoms with Crippen LogP contribution in [0.25, 0.3) is 6.08 Å². The van der Waals surface area contributed by atoms with Crippen molar-refractivity contribution < 1.29 is 9.53 Å². The second kappa shape index (κ2) is 8.47. The number of aromatic nitrogens is 2. The molecule has 1 aromatic carbocycles. The van der Waals surface area contributed by atoms with E-state index in [1.165, 1.54) is 30.0 Å². The van der Waals surface area contributed by atoms with Crippen LogP contribution in [0.1, 0.15) is 36.2 Å². The third-order valence-electron chi connectivity index (χ3n) is 3.99. The molecule has 0 unspecified atom stereocenters. The molecule has 0 saturated heterocycles. The fraction of sp³-hybridized carbons (Fsp3) is 0.350. The van der Waals surface area contributed by atoms with E-state index in [4.69, 9.17) is 4.74 Å². The molecule has 0 N–H and O–H groups in total. The molecule has 2 rings (SSSR count).